The summed E-state index contributed by atoms with van der Waals surface area (Å²) in [5, 5.41) is 9.79. The Bertz CT molecular complexity index is 504. The second-order valence-electron chi connectivity index (χ2n) is 4.09. The number of aryl methyl sites for hydroxylation is 1. The van der Waals surface area contributed by atoms with Crippen LogP contribution in [0.4, 0.5) is 0 Å². The van der Waals surface area contributed by atoms with Gasteiger partial charge in [-0.1, -0.05) is 0 Å². The molecule has 0 saturated carbocycles. The fourth-order valence-electron chi connectivity index (χ4n) is 1.89. The number of rotatable bonds is 4. The Morgan fingerprint density at radius 1 is 1.59 bits per heavy atom. The maximum absolute atomic E-state index is 4.30. The monoisotopic (exact) mass is 313 g/mol. The Hall–Kier alpha value is -0.650. The maximum atomic E-state index is 4.30. The van der Waals surface area contributed by atoms with Gasteiger partial charge in [-0.25, -0.2) is 0 Å². The van der Waals surface area contributed by atoms with Crippen molar-refractivity contribution in [2.24, 2.45) is 7.05 Å². The highest BCUT2D eigenvalue weighted by molar-refractivity contribution is 9.10. The first-order valence-corrected chi connectivity index (χ1v) is 7.17. The molecule has 92 valence electrons. The van der Waals surface area contributed by atoms with Crippen molar-refractivity contribution in [1.29, 1.82) is 0 Å². The summed E-state index contributed by atoms with van der Waals surface area (Å²) in [6.07, 6.45) is 2.96. The second kappa shape index (κ2) is 5.33. The highest BCUT2D eigenvalue weighted by Gasteiger charge is 2.16. The van der Waals surface area contributed by atoms with Gasteiger partial charge >= 0.3 is 0 Å². The summed E-state index contributed by atoms with van der Waals surface area (Å²) in [7, 11) is 3.98. The average molecular weight is 314 g/mol. The van der Waals surface area contributed by atoms with Crippen molar-refractivity contribution in [3.8, 4) is 0 Å². The van der Waals surface area contributed by atoms with E-state index in [1.807, 2.05) is 25.0 Å². The van der Waals surface area contributed by atoms with Crippen molar-refractivity contribution in [3.63, 3.8) is 0 Å². The summed E-state index contributed by atoms with van der Waals surface area (Å²) >= 11 is 5.28. The molecule has 1 atom stereocenters. The standard InChI is InChI=1S/C12H16BrN3S/c1-8-11(6-15-16(8)3)12(14-2)5-10-4-9(13)7-17-10/h4,6-7,12,14H,5H2,1-3H3. The minimum atomic E-state index is 0.328. The van der Waals surface area contributed by atoms with Crippen LogP contribution >= 0.6 is 27.3 Å². The van der Waals surface area contributed by atoms with Crippen LogP contribution < -0.4 is 5.32 Å². The predicted octanol–water partition coefficient (Wildman–Crippen LogP) is 3.06. The molecule has 3 nitrogen and oxygen atoms in total. The van der Waals surface area contributed by atoms with Crippen molar-refractivity contribution in [2.45, 2.75) is 19.4 Å². The minimum absolute atomic E-state index is 0.328. The van der Waals surface area contributed by atoms with Crippen LogP contribution in [-0.4, -0.2) is 16.8 Å². The van der Waals surface area contributed by atoms with Crippen LogP contribution in [0.3, 0.4) is 0 Å². The number of nitrogens with one attached hydrogen (secondary N) is 1. The van der Waals surface area contributed by atoms with Crippen molar-refractivity contribution < 1.29 is 0 Å². The molecule has 2 heterocycles. The summed E-state index contributed by atoms with van der Waals surface area (Å²) in [6.45, 7) is 2.11. The lowest BCUT2D eigenvalue weighted by Gasteiger charge is -2.14. The van der Waals surface area contributed by atoms with Crippen molar-refractivity contribution >= 4 is 27.3 Å². The van der Waals surface area contributed by atoms with Crippen LogP contribution in [0.25, 0.3) is 0 Å². The first-order valence-electron chi connectivity index (χ1n) is 5.50. The average Bonchev–Trinajstić information content (AvgIpc) is 2.85. The largest absolute Gasteiger partial charge is 0.313 e. The molecule has 0 aromatic carbocycles. The quantitative estimate of drug-likeness (QED) is 0.940. The Kier molecular flexibility index (Phi) is 4.01. The van der Waals surface area contributed by atoms with E-state index >= 15 is 0 Å². The Morgan fingerprint density at radius 2 is 2.35 bits per heavy atom. The zero-order valence-electron chi connectivity index (χ0n) is 10.2. The van der Waals surface area contributed by atoms with Gasteiger partial charge in [-0.3, -0.25) is 4.68 Å². The molecule has 17 heavy (non-hydrogen) atoms. The van der Waals surface area contributed by atoms with E-state index in [2.05, 4.69) is 44.7 Å². The molecule has 0 spiro atoms. The topological polar surface area (TPSA) is 29.9 Å². The fourth-order valence-corrected chi connectivity index (χ4v) is 3.39. The van der Waals surface area contributed by atoms with E-state index < -0.39 is 0 Å². The number of hydrogen-bond donors (Lipinski definition) is 1. The third kappa shape index (κ3) is 2.78. The molecule has 0 fully saturated rings. The number of aromatic nitrogens is 2. The molecule has 0 aliphatic rings. The van der Waals surface area contributed by atoms with Gasteiger partial charge in [-0.05, 0) is 36.0 Å². The zero-order valence-corrected chi connectivity index (χ0v) is 12.6. The summed E-state index contributed by atoms with van der Waals surface area (Å²) in [6, 6.07) is 2.51. The summed E-state index contributed by atoms with van der Waals surface area (Å²) in [5.41, 5.74) is 2.50. The Balaban J connectivity index is 2.19. The first kappa shape index (κ1) is 12.8. The van der Waals surface area contributed by atoms with Crippen LogP contribution in [0, 0.1) is 6.92 Å². The van der Waals surface area contributed by atoms with Gasteiger partial charge in [0.25, 0.3) is 0 Å². The number of nitrogens with zero attached hydrogens (tertiary/aromatic N) is 2. The van der Waals surface area contributed by atoms with E-state index in [9.17, 15) is 0 Å². The highest BCUT2D eigenvalue weighted by atomic mass is 79.9. The van der Waals surface area contributed by atoms with E-state index in [1.165, 1.54) is 16.1 Å². The number of halogens is 1. The SMILES string of the molecule is CNC(Cc1cc(Br)cs1)c1cnn(C)c1C. The van der Waals surface area contributed by atoms with Gasteiger partial charge in [0.2, 0.25) is 0 Å². The normalized spacial score (nSPS) is 12.9. The van der Waals surface area contributed by atoms with Crippen molar-refractivity contribution in [1.82, 2.24) is 15.1 Å². The second-order valence-corrected chi connectivity index (χ2v) is 6.00. The summed E-state index contributed by atoms with van der Waals surface area (Å²) in [4.78, 5) is 1.37. The van der Waals surface area contributed by atoms with Gasteiger partial charge in [-0.2, -0.15) is 5.10 Å². The van der Waals surface area contributed by atoms with E-state index in [0.29, 0.717) is 6.04 Å². The molecule has 2 rings (SSSR count). The molecule has 0 radical (unpaired) electrons. The third-order valence-corrected chi connectivity index (χ3v) is 4.74. The number of hydrogen-bond acceptors (Lipinski definition) is 3. The molecule has 5 heteroatoms. The number of thiophene rings is 1. The summed E-state index contributed by atoms with van der Waals surface area (Å²) < 4.78 is 3.08. The lowest BCUT2D eigenvalue weighted by molar-refractivity contribution is 0.591. The van der Waals surface area contributed by atoms with Crippen molar-refractivity contribution in [2.75, 3.05) is 7.05 Å². The third-order valence-electron chi connectivity index (χ3n) is 3.02. The van der Waals surface area contributed by atoms with Gasteiger partial charge in [0.1, 0.15) is 0 Å². The van der Waals surface area contributed by atoms with Gasteiger partial charge in [0.15, 0.2) is 0 Å². The molecule has 2 aromatic rings. The Labute approximate surface area is 114 Å². The summed E-state index contributed by atoms with van der Waals surface area (Å²) in [5.74, 6) is 0. The molecule has 2 aromatic heterocycles. The molecule has 0 aliphatic heterocycles. The lowest BCUT2D eigenvalue weighted by Crippen LogP contribution is -2.19. The molecule has 0 amide bonds. The number of likely N-dealkylation sites (N-methyl/N-ethyl adjacent to an activating group) is 1. The van der Waals surface area contributed by atoms with Crippen LogP contribution in [0.1, 0.15) is 22.2 Å². The smallest absolute Gasteiger partial charge is 0.0540 e. The highest BCUT2D eigenvalue weighted by Crippen LogP contribution is 2.26. The van der Waals surface area contributed by atoms with Crippen molar-refractivity contribution in [3.05, 3.63) is 38.3 Å². The fraction of sp³-hybridized carbons (Fsp3) is 0.417. The van der Waals surface area contributed by atoms with Crippen LogP contribution in [0.5, 0.6) is 0 Å². The van der Waals surface area contributed by atoms with E-state index in [-0.39, 0.29) is 0 Å². The van der Waals surface area contributed by atoms with E-state index in [0.717, 1.165) is 10.9 Å². The lowest BCUT2D eigenvalue weighted by atomic mass is 10.0. The van der Waals surface area contributed by atoms with Crippen LogP contribution in [0.2, 0.25) is 0 Å². The van der Waals surface area contributed by atoms with Gasteiger partial charge in [-0.15, -0.1) is 11.3 Å². The first-order chi connectivity index (χ1) is 8.11. The molecule has 0 aliphatic carbocycles. The Morgan fingerprint density at radius 3 is 2.82 bits per heavy atom. The molecular formula is C12H16BrN3S. The molecule has 1 N–H and O–H groups in total. The van der Waals surface area contributed by atoms with E-state index in [1.54, 1.807) is 11.3 Å². The van der Waals surface area contributed by atoms with Gasteiger partial charge < -0.3 is 5.32 Å². The molecule has 0 saturated heterocycles. The molecule has 0 bridgehead atoms. The maximum Gasteiger partial charge on any atom is 0.0540 e. The molecular weight excluding hydrogens is 298 g/mol. The molecule has 1 unspecified atom stereocenters. The van der Waals surface area contributed by atoms with Gasteiger partial charge in [0.05, 0.1) is 6.20 Å². The van der Waals surface area contributed by atoms with E-state index in [4.69, 9.17) is 0 Å². The van der Waals surface area contributed by atoms with Gasteiger partial charge in [0, 0.05) is 45.5 Å². The zero-order chi connectivity index (χ0) is 12.4. The van der Waals surface area contributed by atoms with Crippen LogP contribution in [-0.2, 0) is 13.5 Å². The predicted molar refractivity (Wildman–Crippen MR) is 75.5 cm³/mol. The minimum Gasteiger partial charge on any atom is -0.313 e. The van der Waals surface area contributed by atoms with Crippen LogP contribution in [0.15, 0.2) is 22.1 Å².